The third-order valence-electron chi connectivity index (χ3n) is 7.60. The summed E-state index contributed by atoms with van der Waals surface area (Å²) in [5.41, 5.74) is 16.5. The van der Waals surface area contributed by atoms with Crippen molar-refractivity contribution in [2.45, 2.75) is 85.7 Å². The summed E-state index contributed by atoms with van der Waals surface area (Å²) in [4.78, 5) is 45.0. The van der Waals surface area contributed by atoms with Crippen LogP contribution in [0.2, 0.25) is 0 Å². The number of urea groups is 2. The maximum absolute atomic E-state index is 11.4. The maximum Gasteiger partial charge on any atom is 0.315 e. The third kappa shape index (κ3) is 9.30. The molecule has 15 heteroatoms. The quantitative estimate of drug-likeness (QED) is 0.0897. The summed E-state index contributed by atoms with van der Waals surface area (Å²) in [6.45, 7) is 1.22. The number of carboxylic acid groups (broad SMARTS) is 1. The second-order valence-corrected chi connectivity index (χ2v) is 12.9. The van der Waals surface area contributed by atoms with Crippen molar-refractivity contribution >= 4 is 47.5 Å². The van der Waals surface area contributed by atoms with Crippen LogP contribution >= 0.6 is 23.5 Å². The zero-order chi connectivity index (χ0) is 28.4. The summed E-state index contributed by atoms with van der Waals surface area (Å²) < 4.78 is 0. The van der Waals surface area contributed by atoms with Crippen LogP contribution in [0.1, 0.15) is 44.9 Å². The van der Waals surface area contributed by atoms with Crippen molar-refractivity contribution in [2.24, 2.45) is 23.1 Å². The molecule has 0 radical (unpaired) electrons. The number of carbonyl (C=O) groups excluding carboxylic acids is 3. The summed E-state index contributed by atoms with van der Waals surface area (Å²) >= 11 is 3.74. The number of carboxylic acids is 1. The lowest BCUT2D eigenvalue weighted by atomic mass is 9.93. The first-order valence-corrected chi connectivity index (χ1v) is 15.9. The molecule has 0 saturated carbocycles. The molecule has 3 unspecified atom stereocenters. The van der Waals surface area contributed by atoms with Gasteiger partial charge < -0.3 is 48.9 Å². The van der Waals surface area contributed by atoms with Crippen LogP contribution in [0.15, 0.2) is 0 Å². The molecule has 4 saturated heterocycles. The van der Waals surface area contributed by atoms with Gasteiger partial charge in [0.2, 0.25) is 5.91 Å². The van der Waals surface area contributed by atoms with Crippen LogP contribution in [0.4, 0.5) is 9.59 Å². The highest BCUT2D eigenvalue weighted by Crippen LogP contribution is 2.34. The van der Waals surface area contributed by atoms with Crippen LogP contribution in [0.5, 0.6) is 0 Å². The van der Waals surface area contributed by atoms with Crippen molar-refractivity contribution in [3.63, 3.8) is 0 Å². The second kappa shape index (κ2) is 15.7. The smallest absolute Gasteiger partial charge is 0.315 e. The molecule has 222 valence electrons. The lowest BCUT2D eigenvalue weighted by Gasteiger charge is -2.20. The van der Waals surface area contributed by atoms with Crippen molar-refractivity contribution < 1.29 is 24.3 Å². The minimum Gasteiger partial charge on any atom is -0.481 e. The van der Waals surface area contributed by atoms with Gasteiger partial charge in [0.1, 0.15) is 0 Å². The summed E-state index contributed by atoms with van der Waals surface area (Å²) in [5, 5.41) is 24.5. The number of nitrogens with one attached hydrogen (secondary N) is 5. The van der Waals surface area contributed by atoms with Gasteiger partial charge in [0.05, 0.1) is 30.1 Å². The number of amides is 5. The van der Waals surface area contributed by atoms with Crippen molar-refractivity contribution in [2.75, 3.05) is 31.1 Å². The molecule has 5 amide bonds. The zero-order valence-corrected chi connectivity index (χ0v) is 23.9. The maximum atomic E-state index is 11.4. The lowest BCUT2D eigenvalue weighted by molar-refractivity contribution is -0.142. The minimum absolute atomic E-state index is 0.0403. The van der Waals surface area contributed by atoms with Crippen LogP contribution in [0, 0.1) is 5.92 Å². The van der Waals surface area contributed by atoms with Crippen LogP contribution in [0.25, 0.3) is 0 Å². The summed E-state index contributed by atoms with van der Waals surface area (Å²) in [6, 6.07) is 0.293. The van der Waals surface area contributed by atoms with E-state index in [1.807, 2.05) is 23.5 Å². The fourth-order valence-electron chi connectivity index (χ4n) is 5.44. The second-order valence-electron chi connectivity index (χ2n) is 10.4. The van der Waals surface area contributed by atoms with E-state index >= 15 is 0 Å². The van der Waals surface area contributed by atoms with Crippen molar-refractivity contribution in [1.29, 1.82) is 0 Å². The molecule has 4 fully saturated rings. The minimum atomic E-state index is -0.879. The molecule has 4 aliphatic heterocycles. The topological polar surface area (TPSA) is 227 Å². The number of hydrogen-bond donors (Lipinski definition) is 9. The molecule has 8 atom stereocenters. The van der Waals surface area contributed by atoms with Gasteiger partial charge in [-0.2, -0.15) is 23.5 Å². The molecule has 4 heterocycles. The van der Waals surface area contributed by atoms with Gasteiger partial charge in [0.15, 0.2) is 0 Å². The van der Waals surface area contributed by atoms with Gasteiger partial charge in [-0.1, -0.05) is 12.8 Å². The van der Waals surface area contributed by atoms with E-state index in [-0.39, 0.29) is 48.7 Å². The third-order valence-corrected chi connectivity index (χ3v) is 10.6. The molecule has 0 bridgehead atoms. The molecule has 4 aliphatic rings. The largest absolute Gasteiger partial charge is 0.481 e. The first-order chi connectivity index (χ1) is 18.7. The van der Waals surface area contributed by atoms with Crippen LogP contribution in [0.3, 0.4) is 0 Å². The fraction of sp³-hybridized carbons (Fsp3) is 0.833. The van der Waals surface area contributed by atoms with Gasteiger partial charge in [-0.25, -0.2) is 9.59 Å². The normalized spacial score (nSPS) is 30.0. The Balaban J connectivity index is 0.000000216. The van der Waals surface area contributed by atoms with E-state index in [0.717, 1.165) is 43.6 Å². The van der Waals surface area contributed by atoms with Gasteiger partial charge in [-0.3, -0.25) is 9.59 Å². The SMILES string of the molecule is NCC(N)C(CCC[C@@H]1SC[C@@H]2NC(=O)N[C@@H]21)C(=O)O.NCCNC(=O)CCCCC1SC[C@@H]2NC(=O)N[C@H]12. The fourth-order valence-corrected chi connectivity index (χ4v) is 8.53. The van der Waals surface area contributed by atoms with Gasteiger partial charge in [0, 0.05) is 54.1 Å². The van der Waals surface area contributed by atoms with E-state index < -0.39 is 17.9 Å². The first-order valence-electron chi connectivity index (χ1n) is 13.8. The predicted octanol–water partition coefficient (Wildman–Crippen LogP) is -0.904. The Kier molecular flexibility index (Phi) is 12.8. The molecule has 0 aromatic carbocycles. The molecule has 12 N–H and O–H groups in total. The van der Waals surface area contributed by atoms with Gasteiger partial charge in [-0.15, -0.1) is 0 Å². The number of aliphatic carboxylic acids is 1. The Morgan fingerprint density at radius 2 is 1.49 bits per heavy atom. The van der Waals surface area contributed by atoms with E-state index in [1.165, 1.54) is 0 Å². The monoisotopic (exact) mass is 588 g/mol. The highest BCUT2D eigenvalue weighted by Gasteiger charge is 2.43. The zero-order valence-electron chi connectivity index (χ0n) is 22.2. The summed E-state index contributed by atoms with van der Waals surface area (Å²) in [5.74, 6) is 0.525. The number of thioether (sulfide) groups is 2. The number of hydrogen-bond acceptors (Lipinski definition) is 9. The Hall–Kier alpha value is -1.94. The van der Waals surface area contributed by atoms with Crippen molar-refractivity contribution in [1.82, 2.24) is 26.6 Å². The number of rotatable bonds is 14. The molecule has 13 nitrogen and oxygen atoms in total. The molecule has 0 spiro atoms. The average molecular weight is 589 g/mol. The number of unbranched alkanes of at least 4 members (excludes halogenated alkanes) is 1. The Bertz CT molecular complexity index is 855. The predicted molar refractivity (Wildman–Crippen MR) is 154 cm³/mol. The number of carbonyl (C=O) groups is 4. The molecule has 4 rings (SSSR count). The van der Waals surface area contributed by atoms with E-state index in [2.05, 4.69) is 26.6 Å². The standard InChI is InChI=1S/C12H22N4O3S.C12H22N4O2S/c13-4-7(14)6(11(17)18)2-1-3-9-10-8(5-20-9)15-12(19)16-10;13-5-6-14-10(17)4-2-1-3-9-11-8(7-19-9)15-12(18)16-11/h6-10H,1-5,13-14H2,(H,17,18)(H2,15,16,19);8-9,11H,1-7,13H2,(H,14,17)(H2,15,16,18)/t6?,7?,8-,9-,10-;8-,9?,11-/m00/s1. The lowest BCUT2D eigenvalue weighted by Crippen LogP contribution is -2.41. The van der Waals surface area contributed by atoms with Gasteiger partial charge >= 0.3 is 18.0 Å². The molecule has 0 aromatic rings. The Labute approximate surface area is 238 Å². The number of nitrogens with two attached hydrogens (primary N) is 3. The molecule has 39 heavy (non-hydrogen) atoms. The number of fused-ring (bicyclic) bond motifs is 2. The Morgan fingerprint density at radius 1 is 0.923 bits per heavy atom. The Morgan fingerprint density at radius 3 is 2.00 bits per heavy atom. The molecular formula is C24H44N8O5S2. The van der Waals surface area contributed by atoms with E-state index in [4.69, 9.17) is 22.3 Å². The van der Waals surface area contributed by atoms with Crippen LogP contribution in [-0.4, -0.2) is 101 Å². The highest BCUT2D eigenvalue weighted by molar-refractivity contribution is 8.00. The van der Waals surface area contributed by atoms with Gasteiger partial charge in [0.25, 0.3) is 0 Å². The summed E-state index contributed by atoms with van der Waals surface area (Å²) in [6.07, 6.45) is 5.73. The first kappa shape index (κ1) is 31.6. The van der Waals surface area contributed by atoms with E-state index in [0.29, 0.717) is 36.4 Å². The van der Waals surface area contributed by atoms with E-state index in [9.17, 15) is 19.2 Å². The van der Waals surface area contributed by atoms with Crippen molar-refractivity contribution in [3.05, 3.63) is 0 Å². The molecule has 0 aromatic heterocycles. The summed E-state index contributed by atoms with van der Waals surface area (Å²) in [7, 11) is 0. The highest BCUT2D eigenvalue weighted by atomic mass is 32.2. The molecule has 0 aliphatic carbocycles. The van der Waals surface area contributed by atoms with Crippen molar-refractivity contribution in [3.8, 4) is 0 Å². The van der Waals surface area contributed by atoms with Crippen LogP contribution in [-0.2, 0) is 9.59 Å². The van der Waals surface area contributed by atoms with Crippen LogP contribution < -0.4 is 43.8 Å². The average Bonchev–Trinajstić information content (AvgIpc) is 3.65. The van der Waals surface area contributed by atoms with E-state index in [1.54, 1.807) is 0 Å². The molecular weight excluding hydrogens is 544 g/mol. The van der Waals surface area contributed by atoms with Gasteiger partial charge in [-0.05, 0) is 25.7 Å².